The van der Waals surface area contributed by atoms with Crippen molar-refractivity contribution in [1.29, 1.82) is 0 Å². The highest BCUT2D eigenvalue weighted by Crippen LogP contribution is 2.36. The molecular formula is C21H31N3O4S. The molecule has 1 aromatic rings. The summed E-state index contributed by atoms with van der Waals surface area (Å²) >= 11 is 5.38. The molecule has 0 saturated carbocycles. The second-order valence-corrected chi connectivity index (χ2v) is 7.96. The highest BCUT2D eigenvalue weighted by molar-refractivity contribution is 7.80. The highest BCUT2D eigenvalue weighted by atomic mass is 32.1. The number of rotatable bonds is 6. The number of hydrogen-bond donors (Lipinski definition) is 1. The molecule has 0 radical (unpaired) electrons. The van der Waals surface area contributed by atoms with Crippen molar-refractivity contribution in [3.8, 4) is 5.75 Å². The van der Waals surface area contributed by atoms with Crippen LogP contribution in [0.5, 0.6) is 5.75 Å². The molecule has 3 rings (SSSR count). The van der Waals surface area contributed by atoms with Crippen molar-refractivity contribution >= 4 is 34.6 Å². The summed E-state index contributed by atoms with van der Waals surface area (Å²) in [6.45, 7) is 1.69. The minimum atomic E-state index is -0.154. The van der Waals surface area contributed by atoms with Crippen LogP contribution < -0.4 is 15.0 Å². The molecule has 1 aromatic carbocycles. The van der Waals surface area contributed by atoms with Crippen molar-refractivity contribution in [2.75, 3.05) is 51.2 Å². The summed E-state index contributed by atoms with van der Waals surface area (Å²) in [5.41, 5.74) is 2.81. The van der Waals surface area contributed by atoms with Crippen LogP contribution in [-0.4, -0.2) is 63.2 Å². The van der Waals surface area contributed by atoms with Gasteiger partial charge in [-0.3, -0.25) is 4.79 Å². The van der Waals surface area contributed by atoms with Gasteiger partial charge in [0.2, 0.25) is 5.91 Å². The lowest BCUT2D eigenvalue weighted by atomic mass is 10.1. The minimum Gasteiger partial charge on any atom is -0.494 e. The maximum Gasteiger partial charge on any atom is 0.227 e. The van der Waals surface area contributed by atoms with E-state index in [4.69, 9.17) is 26.4 Å². The molecule has 1 amide bonds. The van der Waals surface area contributed by atoms with Gasteiger partial charge in [0, 0.05) is 39.7 Å². The Balaban J connectivity index is 1.78. The number of methoxy groups -OCH3 is 1. The maximum absolute atomic E-state index is 12.8. The van der Waals surface area contributed by atoms with Crippen LogP contribution >= 0.6 is 12.2 Å². The molecule has 2 aliphatic rings. The number of hydrogen-bond acceptors (Lipinski definition) is 5. The molecular weight excluding hydrogens is 390 g/mol. The predicted molar refractivity (Wildman–Crippen MR) is 118 cm³/mol. The number of carbonyl (C=O) groups is 1. The highest BCUT2D eigenvalue weighted by Gasteiger charge is 2.25. The van der Waals surface area contributed by atoms with Gasteiger partial charge in [0.15, 0.2) is 11.4 Å². The Labute approximate surface area is 178 Å². The lowest BCUT2D eigenvalue weighted by Gasteiger charge is -2.27. The molecule has 0 aromatic heterocycles. The molecule has 1 atom stereocenters. The summed E-state index contributed by atoms with van der Waals surface area (Å²) in [4.78, 5) is 16.4. The number of nitrogens with zero attached hydrogens (tertiary/aromatic N) is 2. The van der Waals surface area contributed by atoms with Gasteiger partial charge in [-0.1, -0.05) is 0 Å². The zero-order valence-corrected chi connectivity index (χ0v) is 18.3. The van der Waals surface area contributed by atoms with Gasteiger partial charge in [-0.15, -0.1) is 0 Å². The number of anilines is 2. The SMILES string of the molecule is COc1cc2c(cc1NC(=S)N(C)C)CCCC(=O)N2CCOC1CCCCO1. The molecule has 1 fully saturated rings. The van der Waals surface area contributed by atoms with Crippen molar-refractivity contribution in [1.82, 2.24) is 4.90 Å². The Hall–Kier alpha value is -1.90. The predicted octanol–water partition coefficient (Wildman–Crippen LogP) is 3.17. The Bertz CT molecular complexity index is 735. The van der Waals surface area contributed by atoms with Crippen LogP contribution in [0.15, 0.2) is 12.1 Å². The van der Waals surface area contributed by atoms with E-state index in [0.29, 0.717) is 30.4 Å². The monoisotopic (exact) mass is 421 g/mol. The quantitative estimate of drug-likeness (QED) is 0.708. The number of benzene rings is 1. The van der Waals surface area contributed by atoms with Crippen LogP contribution in [0.4, 0.5) is 11.4 Å². The van der Waals surface area contributed by atoms with E-state index in [1.807, 2.05) is 36.0 Å². The Morgan fingerprint density at radius 2 is 2.14 bits per heavy atom. The molecule has 1 saturated heterocycles. The van der Waals surface area contributed by atoms with E-state index in [0.717, 1.165) is 55.6 Å². The first kappa shape index (κ1) is 21.8. The molecule has 160 valence electrons. The van der Waals surface area contributed by atoms with Crippen LogP contribution in [0, 0.1) is 0 Å². The Morgan fingerprint density at radius 3 is 2.83 bits per heavy atom. The number of thiocarbonyl (C=S) groups is 1. The fraction of sp³-hybridized carbons (Fsp3) is 0.619. The first-order chi connectivity index (χ1) is 14.0. The van der Waals surface area contributed by atoms with E-state index in [9.17, 15) is 4.79 Å². The van der Waals surface area contributed by atoms with Crippen LogP contribution in [0.3, 0.4) is 0 Å². The first-order valence-electron chi connectivity index (χ1n) is 10.2. The van der Waals surface area contributed by atoms with Gasteiger partial charge in [-0.05, 0) is 56.0 Å². The van der Waals surface area contributed by atoms with Crippen LogP contribution in [0.2, 0.25) is 0 Å². The Kier molecular flexibility index (Phi) is 7.69. The number of nitrogens with one attached hydrogen (secondary N) is 1. The maximum atomic E-state index is 12.8. The number of fused-ring (bicyclic) bond motifs is 1. The van der Waals surface area contributed by atoms with Gasteiger partial charge in [-0.25, -0.2) is 0 Å². The molecule has 1 N–H and O–H groups in total. The fourth-order valence-electron chi connectivity index (χ4n) is 3.62. The van der Waals surface area contributed by atoms with E-state index in [1.54, 1.807) is 7.11 Å². The second-order valence-electron chi connectivity index (χ2n) is 7.57. The molecule has 0 bridgehead atoms. The largest absolute Gasteiger partial charge is 0.494 e. The van der Waals surface area contributed by atoms with Crippen LogP contribution in [-0.2, 0) is 20.7 Å². The van der Waals surface area contributed by atoms with Crippen molar-refractivity contribution in [2.45, 2.75) is 44.8 Å². The van der Waals surface area contributed by atoms with Crippen molar-refractivity contribution in [2.24, 2.45) is 0 Å². The average molecular weight is 422 g/mol. The van der Waals surface area contributed by atoms with E-state index in [1.165, 1.54) is 0 Å². The standard InChI is InChI=1S/C21H31N3O4S/c1-23(2)21(29)22-16-13-15-7-6-8-19(25)24(17(15)14-18(16)26-3)10-12-28-20-9-4-5-11-27-20/h13-14,20H,4-12H2,1-3H3,(H,22,29). The number of amides is 1. The minimum absolute atomic E-state index is 0.114. The summed E-state index contributed by atoms with van der Waals surface area (Å²) in [5, 5.41) is 3.83. The normalized spacial score (nSPS) is 19.3. The first-order valence-corrected chi connectivity index (χ1v) is 10.6. The van der Waals surface area contributed by atoms with Crippen LogP contribution in [0.25, 0.3) is 0 Å². The van der Waals surface area contributed by atoms with Gasteiger partial charge < -0.3 is 29.3 Å². The summed E-state index contributed by atoms with van der Waals surface area (Å²) in [7, 11) is 5.40. The van der Waals surface area contributed by atoms with Gasteiger partial charge in [-0.2, -0.15) is 0 Å². The molecule has 0 spiro atoms. The third-order valence-electron chi connectivity index (χ3n) is 5.23. The zero-order valence-electron chi connectivity index (χ0n) is 17.5. The van der Waals surface area contributed by atoms with Gasteiger partial charge in [0.05, 0.1) is 25.1 Å². The van der Waals surface area contributed by atoms with Crippen molar-refractivity contribution < 1.29 is 19.0 Å². The van der Waals surface area contributed by atoms with E-state index in [2.05, 4.69) is 5.32 Å². The summed E-state index contributed by atoms with van der Waals surface area (Å²) in [6, 6.07) is 3.97. The van der Waals surface area contributed by atoms with Crippen LogP contribution in [0.1, 0.15) is 37.7 Å². The molecule has 2 heterocycles. The summed E-state index contributed by atoms with van der Waals surface area (Å²) in [6.07, 6.45) is 5.15. The second kappa shape index (κ2) is 10.2. The summed E-state index contributed by atoms with van der Waals surface area (Å²) in [5.74, 6) is 0.771. The topological polar surface area (TPSA) is 63.3 Å². The van der Waals surface area contributed by atoms with E-state index < -0.39 is 0 Å². The number of carbonyl (C=O) groups excluding carboxylic acids is 1. The lowest BCUT2D eigenvalue weighted by molar-refractivity contribution is -0.161. The molecule has 2 aliphatic heterocycles. The number of ether oxygens (including phenoxy) is 3. The van der Waals surface area contributed by atoms with E-state index >= 15 is 0 Å². The van der Waals surface area contributed by atoms with Crippen molar-refractivity contribution in [3.05, 3.63) is 17.7 Å². The van der Waals surface area contributed by atoms with E-state index in [-0.39, 0.29) is 12.2 Å². The molecule has 1 unspecified atom stereocenters. The fourth-order valence-corrected chi connectivity index (χ4v) is 3.73. The molecule has 7 nitrogen and oxygen atoms in total. The number of aryl methyl sites for hydroxylation is 1. The van der Waals surface area contributed by atoms with Crippen molar-refractivity contribution in [3.63, 3.8) is 0 Å². The van der Waals surface area contributed by atoms with Gasteiger partial charge in [0.25, 0.3) is 0 Å². The molecule has 8 heteroatoms. The van der Waals surface area contributed by atoms with Gasteiger partial charge in [0.1, 0.15) is 5.75 Å². The molecule has 0 aliphatic carbocycles. The smallest absolute Gasteiger partial charge is 0.227 e. The third kappa shape index (κ3) is 5.58. The Morgan fingerprint density at radius 1 is 1.31 bits per heavy atom. The lowest BCUT2D eigenvalue weighted by Crippen LogP contribution is -2.35. The third-order valence-corrected chi connectivity index (χ3v) is 5.70. The summed E-state index contributed by atoms with van der Waals surface area (Å²) < 4.78 is 17.1. The zero-order chi connectivity index (χ0) is 20.8. The van der Waals surface area contributed by atoms with Gasteiger partial charge >= 0.3 is 0 Å². The average Bonchev–Trinajstić information content (AvgIpc) is 2.86. The molecule has 29 heavy (non-hydrogen) atoms.